The lowest BCUT2D eigenvalue weighted by Crippen LogP contribution is -2.16. The zero-order valence-electron chi connectivity index (χ0n) is 13.3. The van der Waals surface area contributed by atoms with E-state index < -0.39 is 0 Å². The van der Waals surface area contributed by atoms with E-state index in [1.165, 1.54) is 6.26 Å². The lowest BCUT2D eigenvalue weighted by Gasteiger charge is -2.09. The number of hydrogen-bond acceptors (Lipinski definition) is 3. The Balaban J connectivity index is 1.80. The Labute approximate surface area is 148 Å². The van der Waals surface area contributed by atoms with Crippen LogP contribution in [0.25, 0.3) is 5.69 Å². The SMILES string of the molecule is Cc1cc(/C=N/NC(=O)c2ccco2)c(C)n1-c1ccc(Br)cc1. The number of benzene rings is 1. The monoisotopic (exact) mass is 385 g/mol. The number of carbonyl (C=O) groups is 1. The molecule has 0 aliphatic heterocycles. The van der Waals surface area contributed by atoms with Crippen molar-refractivity contribution in [2.45, 2.75) is 13.8 Å². The van der Waals surface area contributed by atoms with Gasteiger partial charge in [-0.05, 0) is 56.3 Å². The molecule has 3 aromatic rings. The van der Waals surface area contributed by atoms with E-state index in [9.17, 15) is 4.79 Å². The summed E-state index contributed by atoms with van der Waals surface area (Å²) in [6, 6.07) is 13.4. The van der Waals surface area contributed by atoms with Gasteiger partial charge in [0.05, 0.1) is 12.5 Å². The second kappa shape index (κ2) is 6.88. The Bertz CT molecular complexity index is 878. The molecule has 1 aromatic carbocycles. The molecule has 24 heavy (non-hydrogen) atoms. The van der Waals surface area contributed by atoms with Crippen molar-refractivity contribution >= 4 is 28.1 Å². The number of nitrogens with one attached hydrogen (secondary N) is 1. The molecule has 1 amide bonds. The van der Waals surface area contributed by atoms with Crippen LogP contribution >= 0.6 is 15.9 Å². The highest BCUT2D eigenvalue weighted by Gasteiger charge is 2.10. The molecule has 0 saturated carbocycles. The summed E-state index contributed by atoms with van der Waals surface area (Å²) in [6.07, 6.45) is 3.09. The van der Waals surface area contributed by atoms with Crippen molar-refractivity contribution in [3.8, 4) is 5.69 Å². The van der Waals surface area contributed by atoms with Gasteiger partial charge in [0.25, 0.3) is 0 Å². The normalized spacial score (nSPS) is 11.1. The van der Waals surface area contributed by atoms with Crippen LogP contribution in [-0.4, -0.2) is 16.7 Å². The average molecular weight is 386 g/mol. The molecular weight excluding hydrogens is 370 g/mol. The third kappa shape index (κ3) is 3.33. The summed E-state index contributed by atoms with van der Waals surface area (Å²) >= 11 is 3.45. The quantitative estimate of drug-likeness (QED) is 0.539. The Morgan fingerprint density at radius 2 is 2.00 bits per heavy atom. The number of aryl methyl sites for hydroxylation is 1. The molecule has 0 saturated heterocycles. The number of rotatable bonds is 4. The van der Waals surface area contributed by atoms with E-state index in [-0.39, 0.29) is 11.7 Å². The third-order valence-corrected chi connectivity index (χ3v) is 4.20. The summed E-state index contributed by atoms with van der Waals surface area (Å²) in [4.78, 5) is 11.8. The predicted octanol–water partition coefficient (Wildman–Crippen LogP) is 4.21. The molecule has 0 fully saturated rings. The first-order valence-electron chi connectivity index (χ1n) is 7.38. The van der Waals surface area contributed by atoms with E-state index >= 15 is 0 Å². The first-order valence-corrected chi connectivity index (χ1v) is 8.17. The number of hydrazone groups is 1. The predicted molar refractivity (Wildman–Crippen MR) is 96.7 cm³/mol. The molecule has 122 valence electrons. The van der Waals surface area contributed by atoms with Gasteiger partial charge in [0.15, 0.2) is 5.76 Å². The Hall–Kier alpha value is -2.60. The third-order valence-electron chi connectivity index (χ3n) is 3.67. The molecular formula is C18H16BrN3O2. The highest BCUT2D eigenvalue weighted by molar-refractivity contribution is 9.10. The molecule has 0 aliphatic carbocycles. The van der Waals surface area contributed by atoms with Crippen molar-refractivity contribution in [3.05, 3.63) is 75.9 Å². The lowest BCUT2D eigenvalue weighted by atomic mass is 10.2. The van der Waals surface area contributed by atoms with Crippen LogP contribution in [-0.2, 0) is 0 Å². The molecule has 0 atom stereocenters. The molecule has 0 spiro atoms. The Morgan fingerprint density at radius 1 is 1.25 bits per heavy atom. The summed E-state index contributed by atoms with van der Waals surface area (Å²) in [5, 5.41) is 4.02. The van der Waals surface area contributed by atoms with Gasteiger partial charge < -0.3 is 8.98 Å². The van der Waals surface area contributed by atoms with Gasteiger partial charge in [0.2, 0.25) is 0 Å². The van der Waals surface area contributed by atoms with E-state index in [1.807, 2.05) is 44.2 Å². The van der Waals surface area contributed by atoms with Crippen molar-refractivity contribution in [2.24, 2.45) is 5.10 Å². The fraction of sp³-hybridized carbons (Fsp3) is 0.111. The second-order valence-corrected chi connectivity index (χ2v) is 6.23. The van der Waals surface area contributed by atoms with Crippen molar-refractivity contribution in [3.63, 3.8) is 0 Å². The first kappa shape index (κ1) is 16.3. The van der Waals surface area contributed by atoms with Gasteiger partial charge in [0, 0.05) is 27.1 Å². The van der Waals surface area contributed by atoms with E-state index in [0.717, 1.165) is 27.1 Å². The van der Waals surface area contributed by atoms with Crippen LogP contribution in [0.3, 0.4) is 0 Å². The van der Waals surface area contributed by atoms with Crippen molar-refractivity contribution < 1.29 is 9.21 Å². The summed E-state index contributed by atoms with van der Waals surface area (Å²) in [5.74, 6) is -0.148. The fourth-order valence-electron chi connectivity index (χ4n) is 2.53. The minimum absolute atomic E-state index is 0.229. The summed E-state index contributed by atoms with van der Waals surface area (Å²) < 4.78 is 8.20. The van der Waals surface area contributed by atoms with Gasteiger partial charge in [0.1, 0.15) is 0 Å². The van der Waals surface area contributed by atoms with Gasteiger partial charge in [-0.2, -0.15) is 5.10 Å². The molecule has 2 aromatic heterocycles. The molecule has 0 aliphatic rings. The summed E-state index contributed by atoms with van der Waals surface area (Å²) in [7, 11) is 0. The van der Waals surface area contributed by atoms with Gasteiger partial charge >= 0.3 is 5.91 Å². The Morgan fingerprint density at radius 3 is 2.67 bits per heavy atom. The fourth-order valence-corrected chi connectivity index (χ4v) is 2.79. The van der Waals surface area contributed by atoms with Gasteiger partial charge in [-0.25, -0.2) is 5.43 Å². The largest absolute Gasteiger partial charge is 0.459 e. The Kier molecular flexibility index (Phi) is 4.66. The van der Waals surface area contributed by atoms with Gasteiger partial charge in [-0.15, -0.1) is 0 Å². The van der Waals surface area contributed by atoms with Crippen molar-refractivity contribution in [1.29, 1.82) is 0 Å². The minimum Gasteiger partial charge on any atom is -0.459 e. The van der Waals surface area contributed by atoms with Crippen LogP contribution in [0.5, 0.6) is 0 Å². The first-order chi connectivity index (χ1) is 11.6. The molecule has 3 rings (SSSR count). The smallest absolute Gasteiger partial charge is 0.307 e. The number of carbonyl (C=O) groups excluding carboxylic acids is 1. The number of aromatic nitrogens is 1. The van der Waals surface area contributed by atoms with E-state index in [1.54, 1.807) is 18.3 Å². The molecule has 0 bridgehead atoms. The van der Waals surface area contributed by atoms with Gasteiger partial charge in [-0.1, -0.05) is 15.9 Å². The summed E-state index contributed by atoms with van der Waals surface area (Å²) in [6.45, 7) is 4.05. The number of halogens is 1. The highest BCUT2D eigenvalue weighted by atomic mass is 79.9. The van der Waals surface area contributed by atoms with Crippen LogP contribution in [0, 0.1) is 13.8 Å². The minimum atomic E-state index is -0.377. The van der Waals surface area contributed by atoms with Crippen LogP contribution in [0.1, 0.15) is 27.5 Å². The maximum absolute atomic E-state index is 11.8. The molecule has 1 N–H and O–H groups in total. The standard InChI is InChI=1S/C18H16BrN3O2/c1-12-10-14(11-20-21-18(23)17-4-3-9-24-17)13(2)22(12)16-7-5-15(19)6-8-16/h3-11H,1-2H3,(H,21,23)/b20-11+. The lowest BCUT2D eigenvalue weighted by molar-refractivity contribution is 0.0927. The zero-order chi connectivity index (χ0) is 17.1. The van der Waals surface area contributed by atoms with Crippen LogP contribution in [0.15, 0.2) is 62.7 Å². The van der Waals surface area contributed by atoms with Crippen molar-refractivity contribution in [2.75, 3.05) is 0 Å². The van der Waals surface area contributed by atoms with E-state index in [0.29, 0.717) is 0 Å². The molecule has 0 unspecified atom stereocenters. The van der Waals surface area contributed by atoms with Gasteiger partial charge in [-0.3, -0.25) is 4.79 Å². The van der Waals surface area contributed by atoms with Crippen LogP contribution in [0.4, 0.5) is 0 Å². The second-order valence-electron chi connectivity index (χ2n) is 5.31. The highest BCUT2D eigenvalue weighted by Crippen LogP contribution is 2.21. The zero-order valence-corrected chi connectivity index (χ0v) is 14.9. The molecule has 5 nitrogen and oxygen atoms in total. The molecule has 6 heteroatoms. The molecule has 2 heterocycles. The topological polar surface area (TPSA) is 59.5 Å². The van der Waals surface area contributed by atoms with E-state index in [2.05, 4.69) is 31.0 Å². The molecule has 0 radical (unpaired) electrons. The number of nitrogens with zero attached hydrogens (tertiary/aromatic N) is 2. The maximum atomic E-state index is 11.8. The number of hydrogen-bond donors (Lipinski definition) is 1. The summed E-state index contributed by atoms with van der Waals surface area (Å²) in [5.41, 5.74) is 6.61. The van der Waals surface area contributed by atoms with Crippen LogP contribution in [0.2, 0.25) is 0 Å². The van der Waals surface area contributed by atoms with Crippen molar-refractivity contribution in [1.82, 2.24) is 9.99 Å². The van der Waals surface area contributed by atoms with Crippen LogP contribution < -0.4 is 5.43 Å². The van der Waals surface area contributed by atoms with E-state index in [4.69, 9.17) is 4.42 Å². The number of amides is 1. The average Bonchev–Trinajstić information content (AvgIpc) is 3.18. The number of furan rings is 1. The maximum Gasteiger partial charge on any atom is 0.307 e.